The number of benzene rings is 2. The van der Waals surface area contributed by atoms with Crippen LogP contribution in [0.4, 0.5) is 5.69 Å². The fraction of sp³-hybridized carbons (Fsp3) is 0.154. The van der Waals surface area contributed by atoms with Gasteiger partial charge in [0.1, 0.15) is 0 Å². The van der Waals surface area contributed by atoms with E-state index in [1.54, 1.807) is 0 Å². The first kappa shape index (κ1) is 17.4. The lowest BCUT2D eigenvalue weighted by Crippen LogP contribution is -2.05. The zero-order valence-electron chi connectivity index (χ0n) is 15.5. The molecule has 0 saturated carbocycles. The summed E-state index contributed by atoms with van der Waals surface area (Å²) in [6.45, 7) is 0. The third kappa shape index (κ3) is 4.03. The molecule has 2 aliphatic rings. The minimum Gasteiger partial charge on any atom is -0.399 e. The van der Waals surface area contributed by atoms with Gasteiger partial charge in [-0.05, 0) is 47.6 Å². The minimum atomic E-state index is 0.354. The molecule has 2 N–H and O–H groups in total. The smallest absolute Gasteiger partial charge is 0.0314 e. The molecule has 2 aliphatic carbocycles. The van der Waals surface area contributed by atoms with E-state index in [9.17, 15) is 0 Å². The van der Waals surface area contributed by atoms with Crippen LogP contribution in [0, 0.1) is 11.8 Å². The average molecular weight is 351 g/mol. The fourth-order valence-electron chi connectivity index (χ4n) is 3.91. The van der Waals surface area contributed by atoms with Gasteiger partial charge in [-0.3, -0.25) is 0 Å². The highest BCUT2D eigenvalue weighted by molar-refractivity contribution is 5.83. The standard InChI is InChI=1S/C26H25N/c27-24-17-15-23(16-18-24)26(22-12-2-1-3-13-22)25(21-10-6-7-11-21)19-14-20-8-4-5-9-20/h1-13,15-18,20-21H,14,19,27H2/b26-25-. The van der Waals surface area contributed by atoms with Crippen molar-refractivity contribution in [1.29, 1.82) is 0 Å². The van der Waals surface area contributed by atoms with Gasteiger partial charge in [0, 0.05) is 11.6 Å². The lowest BCUT2D eigenvalue weighted by molar-refractivity contribution is 0.686. The molecule has 0 unspecified atom stereocenters. The molecule has 0 spiro atoms. The first-order valence-corrected chi connectivity index (χ1v) is 9.65. The van der Waals surface area contributed by atoms with E-state index in [-0.39, 0.29) is 0 Å². The molecule has 0 fully saturated rings. The third-order valence-electron chi connectivity index (χ3n) is 5.31. The molecule has 0 aliphatic heterocycles. The number of allylic oxidation sites excluding steroid dienone is 9. The van der Waals surface area contributed by atoms with E-state index in [1.807, 2.05) is 12.1 Å². The summed E-state index contributed by atoms with van der Waals surface area (Å²) in [6, 6.07) is 19.0. The summed E-state index contributed by atoms with van der Waals surface area (Å²) in [5, 5.41) is 0. The lowest BCUT2D eigenvalue weighted by atomic mass is 9.83. The Morgan fingerprint density at radius 1 is 0.704 bits per heavy atom. The van der Waals surface area contributed by atoms with Crippen molar-refractivity contribution in [2.45, 2.75) is 12.8 Å². The van der Waals surface area contributed by atoms with Crippen LogP contribution in [0.25, 0.3) is 5.57 Å². The summed E-state index contributed by atoms with van der Waals surface area (Å²) in [6.07, 6.45) is 20.0. The van der Waals surface area contributed by atoms with Crippen LogP contribution < -0.4 is 5.73 Å². The highest BCUT2D eigenvalue weighted by Gasteiger charge is 2.19. The number of nitrogens with two attached hydrogens (primary N) is 1. The summed E-state index contributed by atoms with van der Waals surface area (Å²) >= 11 is 0. The third-order valence-corrected chi connectivity index (χ3v) is 5.31. The molecule has 0 saturated heterocycles. The molecule has 134 valence electrons. The van der Waals surface area contributed by atoms with Crippen molar-refractivity contribution in [1.82, 2.24) is 0 Å². The minimum absolute atomic E-state index is 0.354. The molecule has 0 bridgehead atoms. The zero-order chi connectivity index (χ0) is 18.5. The van der Waals surface area contributed by atoms with Gasteiger partial charge in [0.25, 0.3) is 0 Å². The Hall–Kier alpha value is -3.06. The second-order valence-electron chi connectivity index (χ2n) is 7.16. The van der Waals surface area contributed by atoms with Gasteiger partial charge in [0.2, 0.25) is 0 Å². The van der Waals surface area contributed by atoms with Crippen molar-refractivity contribution < 1.29 is 0 Å². The van der Waals surface area contributed by atoms with E-state index in [4.69, 9.17) is 5.73 Å². The predicted molar refractivity (Wildman–Crippen MR) is 116 cm³/mol. The van der Waals surface area contributed by atoms with Crippen LogP contribution in [0.15, 0.2) is 109 Å². The van der Waals surface area contributed by atoms with E-state index < -0.39 is 0 Å². The van der Waals surface area contributed by atoms with Crippen molar-refractivity contribution in [3.63, 3.8) is 0 Å². The summed E-state index contributed by atoms with van der Waals surface area (Å²) in [7, 11) is 0. The molecule has 1 nitrogen and oxygen atoms in total. The van der Waals surface area contributed by atoms with E-state index in [2.05, 4.69) is 91.1 Å². The highest BCUT2D eigenvalue weighted by Crippen LogP contribution is 2.37. The van der Waals surface area contributed by atoms with Gasteiger partial charge in [0.05, 0.1) is 0 Å². The summed E-state index contributed by atoms with van der Waals surface area (Å²) in [4.78, 5) is 0. The first-order chi connectivity index (χ1) is 13.3. The van der Waals surface area contributed by atoms with Gasteiger partial charge >= 0.3 is 0 Å². The second-order valence-corrected chi connectivity index (χ2v) is 7.16. The second kappa shape index (κ2) is 8.09. The molecular formula is C26H25N. The van der Waals surface area contributed by atoms with Crippen molar-refractivity contribution >= 4 is 11.3 Å². The number of nitrogen functional groups attached to an aromatic ring is 1. The topological polar surface area (TPSA) is 26.0 Å². The zero-order valence-corrected chi connectivity index (χ0v) is 15.5. The molecule has 2 aromatic rings. The number of rotatable bonds is 6. The maximum atomic E-state index is 5.95. The summed E-state index contributed by atoms with van der Waals surface area (Å²) in [5.74, 6) is 0.893. The molecule has 4 rings (SSSR count). The van der Waals surface area contributed by atoms with E-state index in [0.29, 0.717) is 11.8 Å². The Kier molecular flexibility index (Phi) is 5.20. The Morgan fingerprint density at radius 2 is 1.30 bits per heavy atom. The van der Waals surface area contributed by atoms with E-state index in [0.717, 1.165) is 18.5 Å². The maximum Gasteiger partial charge on any atom is 0.0314 e. The normalized spacial score (nSPS) is 17.0. The maximum absolute atomic E-state index is 5.95. The predicted octanol–water partition coefficient (Wildman–Crippen LogP) is 6.34. The van der Waals surface area contributed by atoms with Gasteiger partial charge in [-0.2, -0.15) is 0 Å². The number of anilines is 1. The van der Waals surface area contributed by atoms with Crippen molar-refractivity contribution in [2.75, 3.05) is 5.73 Å². The Bertz CT molecular complexity index is 900. The van der Waals surface area contributed by atoms with Gasteiger partial charge in [0.15, 0.2) is 0 Å². The van der Waals surface area contributed by atoms with Crippen LogP contribution in [0.2, 0.25) is 0 Å². The fourth-order valence-corrected chi connectivity index (χ4v) is 3.91. The van der Waals surface area contributed by atoms with E-state index >= 15 is 0 Å². The summed E-state index contributed by atoms with van der Waals surface area (Å²) < 4.78 is 0. The molecule has 0 atom stereocenters. The summed E-state index contributed by atoms with van der Waals surface area (Å²) in [5.41, 5.74) is 12.1. The molecule has 0 heterocycles. The van der Waals surface area contributed by atoms with Crippen molar-refractivity contribution in [2.24, 2.45) is 11.8 Å². The molecule has 1 heteroatoms. The largest absolute Gasteiger partial charge is 0.399 e. The van der Waals surface area contributed by atoms with Crippen molar-refractivity contribution in [3.05, 3.63) is 120 Å². The van der Waals surface area contributed by atoms with Gasteiger partial charge < -0.3 is 5.73 Å². The lowest BCUT2D eigenvalue weighted by Gasteiger charge is -2.21. The monoisotopic (exact) mass is 351 g/mol. The molecular weight excluding hydrogens is 326 g/mol. The van der Waals surface area contributed by atoms with Crippen molar-refractivity contribution in [3.8, 4) is 0 Å². The van der Waals surface area contributed by atoms with Gasteiger partial charge in [-0.1, -0.05) is 96.6 Å². The molecule has 27 heavy (non-hydrogen) atoms. The van der Waals surface area contributed by atoms with Crippen LogP contribution in [0.1, 0.15) is 24.0 Å². The molecule has 0 radical (unpaired) electrons. The van der Waals surface area contributed by atoms with Crippen LogP contribution in [0.3, 0.4) is 0 Å². The quantitative estimate of drug-likeness (QED) is 0.604. The van der Waals surface area contributed by atoms with E-state index in [1.165, 1.54) is 22.3 Å². The average Bonchev–Trinajstić information content (AvgIpc) is 3.41. The molecule has 0 amide bonds. The van der Waals surface area contributed by atoms with Crippen LogP contribution >= 0.6 is 0 Å². The number of hydrogen-bond acceptors (Lipinski definition) is 1. The van der Waals surface area contributed by atoms with Crippen LogP contribution in [-0.2, 0) is 0 Å². The Balaban J connectivity index is 1.81. The van der Waals surface area contributed by atoms with Crippen LogP contribution in [-0.4, -0.2) is 0 Å². The molecule has 2 aromatic carbocycles. The van der Waals surface area contributed by atoms with Gasteiger partial charge in [-0.15, -0.1) is 0 Å². The SMILES string of the molecule is Nc1ccc(/C(=C(/CCC2C=CC=C2)C2C=CC=C2)c2ccccc2)cc1. The first-order valence-electron chi connectivity index (χ1n) is 9.65. The Morgan fingerprint density at radius 3 is 1.96 bits per heavy atom. The molecule has 0 aromatic heterocycles. The van der Waals surface area contributed by atoms with Crippen LogP contribution in [0.5, 0.6) is 0 Å². The highest BCUT2D eigenvalue weighted by atomic mass is 14.5. The van der Waals surface area contributed by atoms with Gasteiger partial charge in [-0.25, -0.2) is 0 Å². The number of hydrogen-bond donors (Lipinski definition) is 1. The Labute approximate surface area is 161 Å².